The van der Waals surface area contributed by atoms with E-state index < -0.39 is 12.0 Å². The predicted octanol–water partition coefficient (Wildman–Crippen LogP) is 11.8. The summed E-state index contributed by atoms with van der Waals surface area (Å²) in [5.41, 5.74) is 5.48. The molecule has 7 heteroatoms. The fraction of sp³-hybridized carbons (Fsp3) is 0.795. The molecule has 0 aliphatic heterocycles. The zero-order valence-electron chi connectivity index (χ0n) is 33.2. The van der Waals surface area contributed by atoms with Crippen molar-refractivity contribution in [3.63, 3.8) is 0 Å². The number of hydrogen-bond donors (Lipinski definition) is 3. The van der Waals surface area contributed by atoms with Gasteiger partial charge >= 0.3 is 11.9 Å². The molecule has 0 spiro atoms. The summed E-state index contributed by atoms with van der Waals surface area (Å²) in [5, 5.41) is 11.9. The number of hydrogen-bond acceptors (Lipinski definition) is 5. The molecule has 0 aromatic carbocycles. The Morgan fingerprint density at radius 1 is 0.569 bits per heavy atom. The monoisotopic (exact) mass is 717 g/mol. The Bertz CT molecular complexity index is 900. The lowest BCUT2D eigenvalue weighted by Gasteiger charge is -2.18. The highest BCUT2D eigenvalue weighted by Gasteiger charge is 2.19. The van der Waals surface area contributed by atoms with Crippen LogP contribution in [0.25, 0.3) is 0 Å². The van der Waals surface area contributed by atoms with E-state index in [0.29, 0.717) is 32.2 Å². The van der Waals surface area contributed by atoms with Crippen molar-refractivity contribution < 1.29 is 24.2 Å². The molecule has 0 bridgehead atoms. The Balaban J connectivity index is 4.42. The van der Waals surface area contributed by atoms with Crippen LogP contribution in [0.1, 0.15) is 206 Å². The van der Waals surface area contributed by atoms with E-state index in [-0.39, 0.29) is 18.0 Å². The summed E-state index contributed by atoms with van der Waals surface area (Å²) in [6, 6.07) is -0.861. The van der Waals surface area contributed by atoms with Crippen LogP contribution in [0.4, 0.5) is 0 Å². The second-order valence-corrected chi connectivity index (χ2v) is 14.4. The van der Waals surface area contributed by atoms with Crippen molar-refractivity contribution in [2.75, 3.05) is 6.54 Å². The van der Waals surface area contributed by atoms with Gasteiger partial charge in [0.1, 0.15) is 12.1 Å². The number of carbonyl (C=O) groups excluding carboxylic acids is 2. The van der Waals surface area contributed by atoms with Crippen molar-refractivity contribution >= 4 is 17.8 Å². The number of carboxylic acid groups (broad SMARTS) is 1. The standard InChI is InChI=1S/C44H80N2O5/c1-3-5-7-9-11-13-15-17-18-20-22-25-29-34-40(51-43(48)38-32-28-23-21-19-16-14-12-10-8-6-4-2)35-30-26-24-27-31-37-42(47)46-41(44(49)50)36-33-39-45/h12,14-15,17,20,22,40-41H,3-11,13,16,18-19,21,23-39,45H2,1-2H3,(H,46,47)(H,49,50)/b14-12-,17-15-,22-20-. The number of aliphatic carboxylic acids is 1. The van der Waals surface area contributed by atoms with Gasteiger partial charge in [0.15, 0.2) is 0 Å². The maximum Gasteiger partial charge on any atom is 0.326 e. The van der Waals surface area contributed by atoms with Gasteiger partial charge in [-0.2, -0.15) is 0 Å². The summed E-state index contributed by atoms with van der Waals surface area (Å²) in [6.45, 7) is 4.90. The minimum absolute atomic E-state index is 0.0325. The molecule has 0 aliphatic rings. The molecule has 2 unspecified atom stereocenters. The van der Waals surface area contributed by atoms with E-state index in [9.17, 15) is 19.5 Å². The lowest BCUT2D eigenvalue weighted by Crippen LogP contribution is -2.40. The molecular weight excluding hydrogens is 636 g/mol. The number of carboxylic acids is 1. The molecular formula is C44H80N2O5. The van der Waals surface area contributed by atoms with Crippen LogP contribution in [0.2, 0.25) is 0 Å². The summed E-state index contributed by atoms with van der Waals surface area (Å²) in [7, 11) is 0. The zero-order valence-corrected chi connectivity index (χ0v) is 33.2. The van der Waals surface area contributed by atoms with Gasteiger partial charge in [-0.1, -0.05) is 127 Å². The average Bonchev–Trinajstić information content (AvgIpc) is 3.11. The second-order valence-electron chi connectivity index (χ2n) is 14.4. The van der Waals surface area contributed by atoms with E-state index in [0.717, 1.165) is 77.0 Å². The summed E-state index contributed by atoms with van der Waals surface area (Å²) in [4.78, 5) is 36.3. The first-order chi connectivity index (χ1) is 24.9. The van der Waals surface area contributed by atoms with Gasteiger partial charge in [-0.25, -0.2) is 4.79 Å². The largest absolute Gasteiger partial charge is 0.480 e. The van der Waals surface area contributed by atoms with E-state index in [1.54, 1.807) is 0 Å². The maximum absolute atomic E-state index is 12.8. The number of nitrogens with two attached hydrogens (primary N) is 1. The van der Waals surface area contributed by atoms with E-state index in [1.165, 1.54) is 89.9 Å². The first-order valence-corrected chi connectivity index (χ1v) is 21.3. The van der Waals surface area contributed by atoms with Crippen LogP contribution >= 0.6 is 0 Å². The van der Waals surface area contributed by atoms with E-state index in [4.69, 9.17) is 10.5 Å². The lowest BCUT2D eigenvalue weighted by atomic mass is 10.0. The Kier molecular flexibility index (Phi) is 37.0. The molecule has 0 aliphatic carbocycles. The average molecular weight is 717 g/mol. The number of allylic oxidation sites excluding steroid dienone is 6. The fourth-order valence-corrected chi connectivity index (χ4v) is 6.19. The number of unbranched alkanes of at least 4 members (excludes halogenated alkanes) is 18. The van der Waals surface area contributed by atoms with Gasteiger partial charge in [-0.05, 0) is 109 Å². The molecule has 0 radical (unpaired) electrons. The summed E-state index contributed by atoms with van der Waals surface area (Å²) in [5.74, 6) is -1.27. The number of esters is 1. The van der Waals surface area contributed by atoms with Crippen LogP contribution < -0.4 is 11.1 Å². The van der Waals surface area contributed by atoms with Crippen LogP contribution in [-0.2, 0) is 19.1 Å². The van der Waals surface area contributed by atoms with E-state index in [1.807, 2.05) is 0 Å². The number of amides is 1. The maximum atomic E-state index is 12.8. The Hall–Kier alpha value is -2.41. The third kappa shape index (κ3) is 35.8. The number of nitrogens with one attached hydrogen (secondary N) is 1. The lowest BCUT2D eigenvalue weighted by molar-refractivity contribution is -0.150. The van der Waals surface area contributed by atoms with Gasteiger partial charge in [0.05, 0.1) is 0 Å². The fourth-order valence-electron chi connectivity index (χ4n) is 6.19. The quantitative estimate of drug-likeness (QED) is 0.0332. The molecule has 7 nitrogen and oxygen atoms in total. The van der Waals surface area contributed by atoms with Gasteiger partial charge in [0.25, 0.3) is 0 Å². The Morgan fingerprint density at radius 2 is 1.04 bits per heavy atom. The van der Waals surface area contributed by atoms with Gasteiger partial charge in [0.2, 0.25) is 5.91 Å². The molecule has 0 fully saturated rings. The molecule has 1 amide bonds. The molecule has 0 aromatic rings. The minimum atomic E-state index is -1.01. The van der Waals surface area contributed by atoms with Crippen molar-refractivity contribution in [3.05, 3.63) is 36.5 Å². The van der Waals surface area contributed by atoms with Gasteiger partial charge in [0, 0.05) is 12.8 Å². The van der Waals surface area contributed by atoms with Crippen molar-refractivity contribution in [1.29, 1.82) is 0 Å². The molecule has 51 heavy (non-hydrogen) atoms. The van der Waals surface area contributed by atoms with Crippen molar-refractivity contribution in [2.24, 2.45) is 5.73 Å². The molecule has 2 atom stereocenters. The molecule has 0 heterocycles. The molecule has 0 saturated carbocycles. The summed E-state index contributed by atoms with van der Waals surface area (Å²) >= 11 is 0. The summed E-state index contributed by atoms with van der Waals surface area (Å²) in [6.07, 6.45) is 44.7. The number of carbonyl (C=O) groups is 3. The molecule has 0 rings (SSSR count). The number of ether oxygens (including phenoxy) is 1. The third-order valence-corrected chi connectivity index (χ3v) is 9.43. The third-order valence-electron chi connectivity index (χ3n) is 9.43. The van der Waals surface area contributed by atoms with Gasteiger partial charge < -0.3 is 20.9 Å². The Labute approximate surface area is 314 Å². The van der Waals surface area contributed by atoms with Crippen LogP contribution in [0, 0.1) is 0 Å². The highest BCUT2D eigenvalue weighted by molar-refractivity contribution is 5.83. The minimum Gasteiger partial charge on any atom is -0.480 e. The van der Waals surface area contributed by atoms with Crippen LogP contribution in [0.15, 0.2) is 36.5 Å². The number of rotatable bonds is 38. The van der Waals surface area contributed by atoms with Crippen LogP contribution in [0.3, 0.4) is 0 Å². The normalized spacial score (nSPS) is 13.0. The van der Waals surface area contributed by atoms with E-state index >= 15 is 0 Å². The van der Waals surface area contributed by atoms with Gasteiger partial charge in [-0.15, -0.1) is 0 Å². The summed E-state index contributed by atoms with van der Waals surface area (Å²) < 4.78 is 6.01. The van der Waals surface area contributed by atoms with E-state index in [2.05, 4.69) is 55.6 Å². The molecule has 0 saturated heterocycles. The first-order valence-electron chi connectivity index (χ1n) is 21.3. The topological polar surface area (TPSA) is 119 Å². The highest BCUT2D eigenvalue weighted by Crippen LogP contribution is 2.18. The van der Waals surface area contributed by atoms with Crippen LogP contribution in [0.5, 0.6) is 0 Å². The zero-order chi connectivity index (χ0) is 37.5. The smallest absolute Gasteiger partial charge is 0.326 e. The Morgan fingerprint density at radius 3 is 1.65 bits per heavy atom. The predicted molar refractivity (Wildman–Crippen MR) is 216 cm³/mol. The SMILES string of the molecule is CCCCC/C=C\CCCCCCCC(=O)OC(CCC/C=C\C/C=C\CCCCCCC)CCCCCCCC(=O)NC(CCCN)C(=O)O. The molecule has 296 valence electrons. The van der Waals surface area contributed by atoms with Crippen LogP contribution in [-0.4, -0.2) is 41.6 Å². The molecule has 0 aromatic heterocycles. The van der Waals surface area contributed by atoms with Crippen molar-refractivity contribution in [2.45, 2.75) is 219 Å². The molecule has 4 N–H and O–H groups in total. The highest BCUT2D eigenvalue weighted by atomic mass is 16.5. The first kappa shape index (κ1) is 48.6. The van der Waals surface area contributed by atoms with Gasteiger partial charge in [-0.3, -0.25) is 9.59 Å². The van der Waals surface area contributed by atoms with Crippen molar-refractivity contribution in [3.8, 4) is 0 Å². The van der Waals surface area contributed by atoms with Crippen molar-refractivity contribution in [1.82, 2.24) is 5.32 Å². The second kappa shape index (κ2) is 38.8.